The monoisotopic (exact) mass is 239 g/mol. The van der Waals surface area contributed by atoms with Gasteiger partial charge in [-0.25, -0.2) is 9.59 Å². The number of hydrogen-bond donors (Lipinski definition) is 3. The maximum Gasteiger partial charge on any atom is 0.339 e. The van der Waals surface area contributed by atoms with Crippen LogP contribution in [0.5, 0.6) is 5.75 Å². The highest BCUT2D eigenvalue weighted by molar-refractivity contribution is 6.03. The lowest BCUT2D eigenvalue weighted by molar-refractivity contribution is 0.0677. The van der Waals surface area contributed by atoms with E-state index in [1.165, 1.54) is 21.0 Å². The zero-order chi connectivity index (χ0) is 13.3. The van der Waals surface area contributed by atoms with Crippen LogP contribution in [0.1, 0.15) is 31.8 Å². The van der Waals surface area contributed by atoms with Gasteiger partial charge in [-0.2, -0.15) is 0 Å². The highest BCUT2D eigenvalue weighted by Gasteiger charge is 2.25. The first-order valence-electron chi connectivity index (χ1n) is 4.76. The van der Waals surface area contributed by atoms with Crippen LogP contribution in [0.2, 0.25) is 0 Å². The molecule has 0 amide bonds. The first kappa shape index (κ1) is 12.8. The Bertz CT molecular complexity index is 507. The molecule has 0 aliphatic heterocycles. The normalized spacial score (nSPS) is 10.1. The summed E-state index contributed by atoms with van der Waals surface area (Å²) in [4.78, 5) is 22.2. The fourth-order valence-electron chi connectivity index (χ4n) is 1.78. The molecular weight excluding hydrogens is 226 g/mol. The molecule has 1 aromatic rings. The Morgan fingerprint density at radius 2 is 1.53 bits per heavy atom. The quantitative estimate of drug-likeness (QED) is 0.685. The number of benzene rings is 1. The Morgan fingerprint density at radius 1 is 1.06 bits per heavy atom. The van der Waals surface area contributed by atoms with Crippen molar-refractivity contribution >= 4 is 17.6 Å². The van der Waals surface area contributed by atoms with E-state index in [0.717, 1.165) is 0 Å². The van der Waals surface area contributed by atoms with Gasteiger partial charge in [0.25, 0.3) is 0 Å². The van der Waals surface area contributed by atoms with E-state index < -0.39 is 11.9 Å². The summed E-state index contributed by atoms with van der Waals surface area (Å²) in [6, 6.07) is 0. The Labute approximate surface area is 97.6 Å². The van der Waals surface area contributed by atoms with Crippen LogP contribution in [-0.4, -0.2) is 29.3 Å². The standard InChI is InChI=1S/C11H13NO5/c1-4-7(11(15)16)9(17-3)5(2)6(8(4)12)10(13)14/h12H2,1-3H3,(H,13,14)(H,15,16). The minimum absolute atomic E-state index is 0.0293. The van der Waals surface area contributed by atoms with Crippen molar-refractivity contribution in [1.29, 1.82) is 0 Å². The van der Waals surface area contributed by atoms with Gasteiger partial charge in [-0.15, -0.1) is 0 Å². The van der Waals surface area contributed by atoms with Crippen LogP contribution in [0.3, 0.4) is 0 Å². The van der Waals surface area contributed by atoms with Crippen molar-refractivity contribution in [3.8, 4) is 5.75 Å². The number of carboxylic acid groups (broad SMARTS) is 2. The van der Waals surface area contributed by atoms with E-state index in [2.05, 4.69) is 0 Å². The molecule has 0 unspecified atom stereocenters. The van der Waals surface area contributed by atoms with Gasteiger partial charge in [-0.05, 0) is 19.4 Å². The fraction of sp³-hybridized carbons (Fsp3) is 0.273. The molecule has 17 heavy (non-hydrogen) atoms. The van der Waals surface area contributed by atoms with Gasteiger partial charge in [0.15, 0.2) is 0 Å². The lowest BCUT2D eigenvalue weighted by Gasteiger charge is -2.16. The summed E-state index contributed by atoms with van der Waals surface area (Å²) in [6.07, 6.45) is 0. The molecule has 92 valence electrons. The molecule has 0 aliphatic rings. The van der Waals surface area contributed by atoms with Gasteiger partial charge < -0.3 is 20.7 Å². The van der Waals surface area contributed by atoms with Crippen LogP contribution < -0.4 is 10.5 Å². The Hall–Kier alpha value is -2.24. The molecule has 6 heteroatoms. The third kappa shape index (κ3) is 1.89. The summed E-state index contributed by atoms with van der Waals surface area (Å²) < 4.78 is 4.96. The second-order valence-corrected chi connectivity index (χ2v) is 3.56. The summed E-state index contributed by atoms with van der Waals surface area (Å²) in [5.41, 5.74) is 5.77. The van der Waals surface area contributed by atoms with Gasteiger partial charge in [-0.1, -0.05) is 0 Å². The molecule has 1 aromatic carbocycles. The van der Waals surface area contributed by atoms with E-state index in [4.69, 9.17) is 20.7 Å². The third-order valence-corrected chi connectivity index (χ3v) is 2.62. The Morgan fingerprint density at radius 3 is 1.88 bits per heavy atom. The predicted molar refractivity (Wildman–Crippen MR) is 60.8 cm³/mol. The summed E-state index contributed by atoms with van der Waals surface area (Å²) in [5.74, 6) is -2.38. The van der Waals surface area contributed by atoms with Gasteiger partial charge in [-0.3, -0.25) is 0 Å². The van der Waals surface area contributed by atoms with Crippen molar-refractivity contribution in [3.63, 3.8) is 0 Å². The molecule has 1 rings (SSSR count). The highest BCUT2D eigenvalue weighted by Crippen LogP contribution is 2.34. The highest BCUT2D eigenvalue weighted by atomic mass is 16.5. The molecule has 0 bridgehead atoms. The molecule has 6 nitrogen and oxygen atoms in total. The third-order valence-electron chi connectivity index (χ3n) is 2.62. The SMILES string of the molecule is COc1c(C)c(C(=O)O)c(N)c(C)c1C(=O)O. The Kier molecular flexibility index (Phi) is 3.26. The zero-order valence-electron chi connectivity index (χ0n) is 9.70. The van der Waals surface area contributed by atoms with Crippen LogP contribution in [0.15, 0.2) is 0 Å². The number of ether oxygens (including phenoxy) is 1. The summed E-state index contributed by atoms with van der Waals surface area (Å²) in [7, 11) is 1.29. The van der Waals surface area contributed by atoms with E-state index in [-0.39, 0.29) is 33.7 Å². The first-order chi connectivity index (χ1) is 7.82. The topological polar surface area (TPSA) is 110 Å². The Balaban J connectivity index is 3.81. The lowest BCUT2D eigenvalue weighted by atomic mass is 9.95. The molecule has 0 saturated heterocycles. The second kappa shape index (κ2) is 4.32. The predicted octanol–water partition coefficient (Wildman–Crippen LogP) is 1.29. The molecule has 0 aromatic heterocycles. The number of hydrogen-bond acceptors (Lipinski definition) is 4. The molecule has 0 aliphatic carbocycles. The van der Waals surface area contributed by atoms with E-state index in [1.807, 2.05) is 0 Å². The van der Waals surface area contributed by atoms with Crippen molar-refractivity contribution < 1.29 is 24.5 Å². The van der Waals surface area contributed by atoms with Crippen molar-refractivity contribution in [2.45, 2.75) is 13.8 Å². The minimum Gasteiger partial charge on any atom is -0.496 e. The first-order valence-corrected chi connectivity index (χ1v) is 4.76. The maximum atomic E-state index is 11.1. The van der Waals surface area contributed by atoms with Crippen molar-refractivity contribution in [3.05, 3.63) is 22.3 Å². The molecule has 0 spiro atoms. The summed E-state index contributed by atoms with van der Waals surface area (Å²) in [5, 5.41) is 18.1. The lowest BCUT2D eigenvalue weighted by Crippen LogP contribution is -2.14. The molecule has 0 saturated carbocycles. The fourth-order valence-corrected chi connectivity index (χ4v) is 1.78. The number of aromatic carboxylic acids is 2. The number of nitrogen functional groups attached to an aromatic ring is 1. The van der Waals surface area contributed by atoms with Crippen LogP contribution in [0.25, 0.3) is 0 Å². The van der Waals surface area contributed by atoms with Gasteiger partial charge in [0.2, 0.25) is 0 Å². The van der Waals surface area contributed by atoms with Gasteiger partial charge >= 0.3 is 11.9 Å². The van der Waals surface area contributed by atoms with E-state index in [9.17, 15) is 9.59 Å². The van der Waals surface area contributed by atoms with Crippen molar-refractivity contribution in [2.75, 3.05) is 12.8 Å². The van der Waals surface area contributed by atoms with E-state index >= 15 is 0 Å². The molecule has 4 N–H and O–H groups in total. The second-order valence-electron chi connectivity index (χ2n) is 3.56. The molecule has 0 fully saturated rings. The zero-order valence-corrected chi connectivity index (χ0v) is 9.70. The average Bonchev–Trinajstić information content (AvgIpc) is 2.22. The summed E-state index contributed by atoms with van der Waals surface area (Å²) >= 11 is 0. The van der Waals surface area contributed by atoms with Crippen molar-refractivity contribution in [1.82, 2.24) is 0 Å². The van der Waals surface area contributed by atoms with Gasteiger partial charge in [0, 0.05) is 5.56 Å². The largest absolute Gasteiger partial charge is 0.496 e. The number of methoxy groups -OCH3 is 1. The molecule has 0 atom stereocenters. The van der Waals surface area contributed by atoms with Gasteiger partial charge in [0.1, 0.15) is 11.3 Å². The maximum absolute atomic E-state index is 11.1. The van der Waals surface area contributed by atoms with E-state index in [0.29, 0.717) is 0 Å². The van der Waals surface area contributed by atoms with Crippen molar-refractivity contribution in [2.24, 2.45) is 0 Å². The number of anilines is 1. The number of rotatable bonds is 3. The summed E-state index contributed by atoms with van der Waals surface area (Å²) in [6.45, 7) is 2.91. The molecule has 0 heterocycles. The van der Waals surface area contributed by atoms with E-state index in [1.54, 1.807) is 0 Å². The number of carboxylic acids is 2. The van der Waals surface area contributed by atoms with Gasteiger partial charge in [0.05, 0.1) is 18.4 Å². The molecule has 0 radical (unpaired) electrons. The van der Waals surface area contributed by atoms with Crippen LogP contribution in [0, 0.1) is 13.8 Å². The van der Waals surface area contributed by atoms with Crippen LogP contribution in [-0.2, 0) is 0 Å². The molecular formula is C11H13NO5. The minimum atomic E-state index is -1.21. The average molecular weight is 239 g/mol. The smallest absolute Gasteiger partial charge is 0.339 e. The van der Waals surface area contributed by atoms with Crippen LogP contribution >= 0.6 is 0 Å². The number of nitrogens with two attached hydrogens (primary N) is 1. The number of carbonyl (C=O) groups is 2. The van der Waals surface area contributed by atoms with Crippen LogP contribution in [0.4, 0.5) is 5.69 Å².